The maximum atomic E-state index is 12.0. The fraction of sp³-hybridized carbons (Fsp3) is 0.429. The van der Waals surface area contributed by atoms with Gasteiger partial charge in [0.25, 0.3) is 0 Å². The number of carbonyl (C=O) groups is 2. The fourth-order valence-corrected chi connectivity index (χ4v) is 2.38. The number of carboxylic acid groups (broad SMARTS) is 1. The molecule has 3 N–H and O–H groups in total. The topological polar surface area (TPSA) is 86.6 Å². The highest BCUT2D eigenvalue weighted by Gasteiger charge is 2.33. The van der Waals surface area contributed by atoms with E-state index in [1.165, 1.54) is 0 Å². The Morgan fingerprint density at radius 2 is 1.79 bits per heavy atom. The first kappa shape index (κ1) is 13.5. The van der Waals surface area contributed by atoms with Crippen LogP contribution >= 0.6 is 0 Å². The molecule has 1 fully saturated rings. The number of aliphatic carboxylic acids is 1. The molecule has 2 atom stereocenters. The van der Waals surface area contributed by atoms with Gasteiger partial charge in [-0.3, -0.25) is 9.59 Å². The molecule has 5 nitrogen and oxygen atoms in total. The van der Waals surface area contributed by atoms with E-state index in [9.17, 15) is 9.59 Å². The predicted octanol–water partition coefficient (Wildman–Crippen LogP) is 1.62. The van der Waals surface area contributed by atoms with Crippen molar-refractivity contribution in [2.45, 2.75) is 25.9 Å². The van der Waals surface area contributed by atoms with Crippen molar-refractivity contribution < 1.29 is 19.8 Å². The van der Waals surface area contributed by atoms with Crippen LogP contribution in [-0.2, 0) is 16.2 Å². The van der Waals surface area contributed by atoms with Crippen molar-refractivity contribution >= 4 is 17.6 Å². The Labute approximate surface area is 111 Å². The fourth-order valence-electron chi connectivity index (χ4n) is 2.38. The summed E-state index contributed by atoms with van der Waals surface area (Å²) >= 11 is 0. The minimum absolute atomic E-state index is 0.0306. The Morgan fingerprint density at radius 3 is 2.32 bits per heavy atom. The number of anilines is 1. The molecular weight excluding hydrogens is 246 g/mol. The molecule has 1 aliphatic rings. The normalized spacial score (nSPS) is 22.2. The first-order chi connectivity index (χ1) is 9.10. The molecule has 2 unspecified atom stereocenters. The van der Waals surface area contributed by atoms with Crippen molar-refractivity contribution in [1.82, 2.24) is 0 Å². The van der Waals surface area contributed by atoms with Crippen molar-refractivity contribution in [1.29, 1.82) is 0 Å². The third kappa shape index (κ3) is 3.32. The second-order valence-corrected chi connectivity index (χ2v) is 4.89. The van der Waals surface area contributed by atoms with E-state index in [0.717, 1.165) is 5.56 Å². The van der Waals surface area contributed by atoms with Crippen LogP contribution in [0.3, 0.4) is 0 Å². The third-order valence-corrected chi connectivity index (χ3v) is 3.56. The molecule has 0 radical (unpaired) electrons. The molecule has 1 aromatic rings. The summed E-state index contributed by atoms with van der Waals surface area (Å²) in [5.41, 5.74) is 1.45. The number of benzene rings is 1. The second-order valence-electron chi connectivity index (χ2n) is 4.89. The van der Waals surface area contributed by atoms with Crippen LogP contribution in [0.15, 0.2) is 24.3 Å². The van der Waals surface area contributed by atoms with Crippen LogP contribution in [0.4, 0.5) is 5.69 Å². The van der Waals surface area contributed by atoms with Gasteiger partial charge >= 0.3 is 5.97 Å². The number of aliphatic hydroxyl groups excluding tert-OH is 1. The monoisotopic (exact) mass is 263 g/mol. The highest BCUT2D eigenvalue weighted by molar-refractivity contribution is 5.93. The van der Waals surface area contributed by atoms with E-state index < -0.39 is 11.9 Å². The quantitative estimate of drug-likeness (QED) is 0.770. The Morgan fingerprint density at radius 1 is 1.16 bits per heavy atom. The zero-order valence-electron chi connectivity index (χ0n) is 10.5. The number of amides is 1. The SMILES string of the molecule is O=C(O)C1CCC(C(=O)Nc2ccc(CO)cc2)C1. The summed E-state index contributed by atoms with van der Waals surface area (Å²) in [6.07, 6.45) is 1.60. The standard InChI is InChI=1S/C14H17NO4/c16-8-9-1-5-12(6-2-9)15-13(17)10-3-4-11(7-10)14(18)19/h1-2,5-6,10-11,16H,3-4,7-8H2,(H,15,17)(H,18,19). The van der Waals surface area contributed by atoms with Crippen LogP contribution in [0, 0.1) is 11.8 Å². The summed E-state index contributed by atoms with van der Waals surface area (Å²) in [5.74, 6) is -1.56. The lowest BCUT2D eigenvalue weighted by Crippen LogP contribution is -2.21. The van der Waals surface area contributed by atoms with Gasteiger partial charge in [0.05, 0.1) is 12.5 Å². The third-order valence-electron chi connectivity index (χ3n) is 3.56. The van der Waals surface area contributed by atoms with Gasteiger partial charge in [0.1, 0.15) is 0 Å². The average molecular weight is 263 g/mol. The van der Waals surface area contributed by atoms with E-state index >= 15 is 0 Å². The second kappa shape index (κ2) is 5.84. The molecule has 0 saturated heterocycles. The van der Waals surface area contributed by atoms with E-state index in [1.54, 1.807) is 24.3 Å². The minimum atomic E-state index is -0.817. The van der Waals surface area contributed by atoms with E-state index in [4.69, 9.17) is 10.2 Å². The molecule has 0 aliphatic heterocycles. The lowest BCUT2D eigenvalue weighted by Gasteiger charge is -2.11. The van der Waals surface area contributed by atoms with Crippen LogP contribution in [0.5, 0.6) is 0 Å². The molecule has 1 amide bonds. The average Bonchev–Trinajstić information content (AvgIpc) is 2.89. The summed E-state index contributed by atoms with van der Waals surface area (Å²) in [4.78, 5) is 22.8. The first-order valence-electron chi connectivity index (χ1n) is 6.33. The molecule has 1 saturated carbocycles. The molecule has 0 aromatic heterocycles. The predicted molar refractivity (Wildman–Crippen MR) is 69.5 cm³/mol. The molecule has 19 heavy (non-hydrogen) atoms. The van der Waals surface area contributed by atoms with Gasteiger partial charge in [0.15, 0.2) is 0 Å². The van der Waals surface area contributed by atoms with Crippen molar-refractivity contribution in [2.75, 3.05) is 5.32 Å². The number of hydrogen-bond donors (Lipinski definition) is 3. The van der Waals surface area contributed by atoms with Gasteiger partial charge in [-0.2, -0.15) is 0 Å². The van der Waals surface area contributed by atoms with Crippen LogP contribution in [0.2, 0.25) is 0 Å². The highest BCUT2D eigenvalue weighted by atomic mass is 16.4. The molecule has 0 heterocycles. The van der Waals surface area contributed by atoms with Gasteiger partial charge in [0.2, 0.25) is 5.91 Å². The Kier molecular flexibility index (Phi) is 4.16. The summed E-state index contributed by atoms with van der Waals surface area (Å²) in [7, 11) is 0. The van der Waals surface area contributed by atoms with Gasteiger partial charge in [0, 0.05) is 11.6 Å². The van der Waals surface area contributed by atoms with Crippen molar-refractivity contribution in [3.8, 4) is 0 Å². The molecule has 1 aliphatic carbocycles. The number of carbonyl (C=O) groups excluding carboxylic acids is 1. The first-order valence-corrected chi connectivity index (χ1v) is 6.33. The van der Waals surface area contributed by atoms with Crippen LogP contribution in [0.25, 0.3) is 0 Å². The van der Waals surface area contributed by atoms with Crippen LogP contribution in [-0.4, -0.2) is 22.1 Å². The molecular formula is C14H17NO4. The molecule has 0 bridgehead atoms. The Hall–Kier alpha value is -1.88. The molecule has 2 rings (SSSR count). The number of rotatable bonds is 4. The molecule has 5 heteroatoms. The Bertz CT molecular complexity index is 469. The van der Waals surface area contributed by atoms with Crippen molar-refractivity contribution in [3.05, 3.63) is 29.8 Å². The van der Waals surface area contributed by atoms with E-state index in [1.807, 2.05) is 0 Å². The maximum absolute atomic E-state index is 12.0. The van der Waals surface area contributed by atoms with Gasteiger partial charge < -0.3 is 15.5 Å². The van der Waals surface area contributed by atoms with E-state index in [2.05, 4.69) is 5.32 Å². The molecule has 0 spiro atoms. The lowest BCUT2D eigenvalue weighted by atomic mass is 10.0. The zero-order valence-corrected chi connectivity index (χ0v) is 10.5. The number of hydrogen-bond acceptors (Lipinski definition) is 3. The largest absolute Gasteiger partial charge is 0.481 e. The van der Waals surface area contributed by atoms with Gasteiger partial charge in [-0.25, -0.2) is 0 Å². The summed E-state index contributed by atoms with van der Waals surface area (Å²) < 4.78 is 0. The lowest BCUT2D eigenvalue weighted by molar-refractivity contribution is -0.141. The van der Waals surface area contributed by atoms with Crippen molar-refractivity contribution in [3.63, 3.8) is 0 Å². The summed E-state index contributed by atoms with van der Waals surface area (Å²) in [6.45, 7) is -0.0306. The number of aliphatic hydroxyl groups is 1. The minimum Gasteiger partial charge on any atom is -0.481 e. The van der Waals surface area contributed by atoms with Crippen LogP contribution in [0.1, 0.15) is 24.8 Å². The highest BCUT2D eigenvalue weighted by Crippen LogP contribution is 2.31. The smallest absolute Gasteiger partial charge is 0.306 e. The summed E-state index contributed by atoms with van der Waals surface area (Å²) in [6, 6.07) is 6.94. The van der Waals surface area contributed by atoms with E-state index in [0.29, 0.717) is 24.9 Å². The number of nitrogens with one attached hydrogen (secondary N) is 1. The number of carboxylic acids is 1. The molecule has 1 aromatic carbocycles. The van der Waals surface area contributed by atoms with Crippen LogP contribution < -0.4 is 5.32 Å². The van der Waals surface area contributed by atoms with Crippen molar-refractivity contribution in [2.24, 2.45) is 11.8 Å². The Balaban J connectivity index is 1.92. The van der Waals surface area contributed by atoms with Gasteiger partial charge in [-0.1, -0.05) is 12.1 Å². The van der Waals surface area contributed by atoms with Gasteiger partial charge in [-0.15, -0.1) is 0 Å². The maximum Gasteiger partial charge on any atom is 0.306 e. The summed E-state index contributed by atoms with van der Waals surface area (Å²) in [5, 5.41) is 20.6. The molecule has 102 valence electrons. The van der Waals surface area contributed by atoms with Gasteiger partial charge in [-0.05, 0) is 37.0 Å². The van der Waals surface area contributed by atoms with E-state index in [-0.39, 0.29) is 18.4 Å². The zero-order chi connectivity index (χ0) is 13.8.